The summed E-state index contributed by atoms with van der Waals surface area (Å²) < 4.78 is 5.70. The van der Waals surface area contributed by atoms with E-state index < -0.39 is 0 Å². The van der Waals surface area contributed by atoms with E-state index in [1.54, 1.807) is 0 Å². The van der Waals surface area contributed by atoms with Crippen LogP contribution >= 0.6 is 25.0 Å². The van der Waals surface area contributed by atoms with E-state index in [9.17, 15) is 0 Å². The van der Waals surface area contributed by atoms with Gasteiger partial charge in [0.05, 0.1) is 6.61 Å². The predicted molar refractivity (Wildman–Crippen MR) is 84.2 cm³/mol. The van der Waals surface area contributed by atoms with E-state index in [4.69, 9.17) is 10.5 Å². The van der Waals surface area contributed by atoms with Gasteiger partial charge in [0.25, 0.3) is 0 Å². The van der Waals surface area contributed by atoms with Crippen LogP contribution in [0.15, 0.2) is 24.3 Å². The molecule has 0 saturated carbocycles. The molecular weight excluding hydrogens is 266 g/mol. The molecular formula is C14H24ClNOS. The maximum absolute atomic E-state index is 5.79. The summed E-state index contributed by atoms with van der Waals surface area (Å²) in [4.78, 5) is 0. The Balaban J connectivity index is 0.00000289. The van der Waals surface area contributed by atoms with Gasteiger partial charge in [-0.3, -0.25) is 0 Å². The van der Waals surface area contributed by atoms with Gasteiger partial charge < -0.3 is 10.5 Å². The topological polar surface area (TPSA) is 35.2 Å². The number of ether oxygens (including phenoxy) is 1. The highest BCUT2D eigenvalue weighted by Crippen LogP contribution is 2.14. The van der Waals surface area contributed by atoms with Crippen molar-refractivity contribution in [1.82, 2.24) is 0 Å². The molecule has 0 aliphatic rings. The second-order valence-electron chi connectivity index (χ2n) is 4.29. The Morgan fingerprint density at radius 1 is 1.33 bits per heavy atom. The highest BCUT2D eigenvalue weighted by Gasteiger charge is 1.99. The summed E-state index contributed by atoms with van der Waals surface area (Å²) in [6.07, 6.45) is 4.24. The summed E-state index contributed by atoms with van der Waals surface area (Å²) in [5, 5.41) is 0. The lowest BCUT2D eigenvalue weighted by molar-refractivity contribution is 0.303. The van der Waals surface area contributed by atoms with Crippen molar-refractivity contribution in [2.45, 2.75) is 38.6 Å². The standard InChI is InChI=1S/C14H23NOS.ClH/c1-2-12-6-5-8-14(10-12)16-9-4-3-7-13(15)11-17;/h5-6,8,10,13,17H,2-4,7,9,11,15H2,1H3;1H. The Bertz CT molecular complexity index is 322. The van der Waals surface area contributed by atoms with E-state index in [-0.39, 0.29) is 18.4 Å². The van der Waals surface area contributed by atoms with Gasteiger partial charge in [0.1, 0.15) is 5.75 Å². The van der Waals surface area contributed by atoms with Crippen LogP contribution in [-0.4, -0.2) is 18.4 Å². The lowest BCUT2D eigenvalue weighted by Crippen LogP contribution is -2.21. The van der Waals surface area contributed by atoms with Crippen molar-refractivity contribution in [1.29, 1.82) is 0 Å². The average molecular weight is 290 g/mol. The number of hydrogen-bond acceptors (Lipinski definition) is 3. The molecule has 104 valence electrons. The number of rotatable bonds is 8. The van der Waals surface area contributed by atoms with Crippen LogP contribution in [0.4, 0.5) is 0 Å². The predicted octanol–water partition coefficient (Wildman–Crippen LogP) is 3.48. The van der Waals surface area contributed by atoms with Crippen molar-refractivity contribution in [3.05, 3.63) is 29.8 Å². The zero-order valence-electron chi connectivity index (χ0n) is 11.0. The van der Waals surface area contributed by atoms with Gasteiger partial charge in [0.2, 0.25) is 0 Å². The molecule has 0 heterocycles. The smallest absolute Gasteiger partial charge is 0.119 e. The summed E-state index contributed by atoms with van der Waals surface area (Å²) in [5.74, 6) is 1.74. The van der Waals surface area contributed by atoms with Gasteiger partial charge in [-0.05, 0) is 43.4 Å². The van der Waals surface area contributed by atoms with Crippen LogP contribution in [0.25, 0.3) is 0 Å². The molecule has 0 aliphatic carbocycles. The van der Waals surface area contributed by atoms with E-state index in [1.165, 1.54) is 5.56 Å². The van der Waals surface area contributed by atoms with Gasteiger partial charge in [-0.1, -0.05) is 19.1 Å². The number of thiol groups is 1. The number of hydrogen-bond donors (Lipinski definition) is 2. The van der Waals surface area contributed by atoms with Crippen molar-refractivity contribution in [3.8, 4) is 5.75 Å². The van der Waals surface area contributed by atoms with Gasteiger partial charge in [-0.25, -0.2) is 0 Å². The minimum Gasteiger partial charge on any atom is -0.494 e. The third-order valence-corrected chi connectivity index (χ3v) is 3.25. The number of halogens is 1. The zero-order chi connectivity index (χ0) is 12.5. The van der Waals surface area contributed by atoms with E-state index in [1.807, 2.05) is 12.1 Å². The van der Waals surface area contributed by atoms with Crippen molar-refractivity contribution < 1.29 is 4.74 Å². The normalized spacial score (nSPS) is 11.7. The summed E-state index contributed by atoms with van der Waals surface area (Å²) in [7, 11) is 0. The molecule has 0 radical (unpaired) electrons. The maximum atomic E-state index is 5.79. The lowest BCUT2D eigenvalue weighted by atomic mass is 10.1. The first-order chi connectivity index (χ1) is 8.26. The molecule has 0 spiro atoms. The zero-order valence-corrected chi connectivity index (χ0v) is 12.7. The monoisotopic (exact) mass is 289 g/mol. The summed E-state index contributed by atoms with van der Waals surface area (Å²) in [5.41, 5.74) is 7.11. The molecule has 0 saturated heterocycles. The summed E-state index contributed by atoms with van der Waals surface area (Å²) >= 11 is 4.16. The van der Waals surface area contributed by atoms with Crippen LogP contribution in [-0.2, 0) is 6.42 Å². The van der Waals surface area contributed by atoms with Gasteiger partial charge in [0.15, 0.2) is 0 Å². The largest absolute Gasteiger partial charge is 0.494 e. The van der Waals surface area contributed by atoms with Gasteiger partial charge in [0, 0.05) is 11.8 Å². The lowest BCUT2D eigenvalue weighted by Gasteiger charge is -2.09. The van der Waals surface area contributed by atoms with Crippen LogP contribution in [0.1, 0.15) is 31.7 Å². The molecule has 1 aromatic carbocycles. The molecule has 0 amide bonds. The minimum absolute atomic E-state index is 0. The number of unbranched alkanes of at least 4 members (excludes halogenated alkanes) is 1. The first-order valence-electron chi connectivity index (χ1n) is 6.34. The van der Waals surface area contributed by atoms with E-state index >= 15 is 0 Å². The molecule has 1 rings (SSSR count). The fourth-order valence-electron chi connectivity index (χ4n) is 1.65. The summed E-state index contributed by atoms with van der Waals surface area (Å²) in [6, 6.07) is 8.52. The first-order valence-corrected chi connectivity index (χ1v) is 6.97. The number of nitrogens with two attached hydrogens (primary N) is 1. The second kappa shape index (κ2) is 10.5. The highest BCUT2D eigenvalue weighted by molar-refractivity contribution is 7.80. The van der Waals surface area contributed by atoms with Crippen molar-refractivity contribution in [2.24, 2.45) is 5.73 Å². The van der Waals surface area contributed by atoms with Crippen LogP contribution in [0.5, 0.6) is 5.75 Å². The molecule has 1 atom stereocenters. The van der Waals surface area contributed by atoms with Crippen molar-refractivity contribution in [3.63, 3.8) is 0 Å². The molecule has 0 aromatic heterocycles. The van der Waals surface area contributed by atoms with E-state index in [0.29, 0.717) is 0 Å². The third-order valence-electron chi connectivity index (χ3n) is 2.78. The van der Waals surface area contributed by atoms with Gasteiger partial charge in [-0.2, -0.15) is 12.6 Å². The average Bonchev–Trinajstić information content (AvgIpc) is 2.38. The molecule has 0 fully saturated rings. The molecule has 1 aromatic rings. The number of benzene rings is 1. The van der Waals surface area contributed by atoms with Crippen LogP contribution < -0.4 is 10.5 Å². The maximum Gasteiger partial charge on any atom is 0.119 e. The highest BCUT2D eigenvalue weighted by atomic mass is 35.5. The molecule has 0 aliphatic heterocycles. The van der Waals surface area contributed by atoms with E-state index in [2.05, 4.69) is 31.7 Å². The fraction of sp³-hybridized carbons (Fsp3) is 0.571. The van der Waals surface area contributed by atoms with Gasteiger partial charge in [-0.15, -0.1) is 12.4 Å². The molecule has 2 nitrogen and oxygen atoms in total. The molecule has 4 heteroatoms. The van der Waals surface area contributed by atoms with E-state index in [0.717, 1.165) is 43.8 Å². The Hall–Kier alpha value is -0.380. The summed E-state index contributed by atoms with van der Waals surface area (Å²) in [6.45, 7) is 2.92. The fourth-order valence-corrected chi connectivity index (χ4v) is 1.83. The van der Waals surface area contributed by atoms with Crippen LogP contribution in [0.2, 0.25) is 0 Å². The molecule has 2 N–H and O–H groups in total. The molecule has 0 bridgehead atoms. The quantitative estimate of drug-likeness (QED) is 0.568. The first kappa shape index (κ1) is 17.6. The Morgan fingerprint density at radius 2 is 2.11 bits per heavy atom. The molecule has 1 unspecified atom stereocenters. The van der Waals surface area contributed by atoms with Crippen LogP contribution in [0.3, 0.4) is 0 Å². The minimum atomic E-state index is 0. The Morgan fingerprint density at radius 3 is 2.78 bits per heavy atom. The molecule has 18 heavy (non-hydrogen) atoms. The SMILES string of the molecule is CCc1cccc(OCCCCC(N)CS)c1.Cl. The second-order valence-corrected chi connectivity index (χ2v) is 4.65. The third kappa shape index (κ3) is 7.14. The van der Waals surface area contributed by atoms with Crippen molar-refractivity contribution in [2.75, 3.05) is 12.4 Å². The number of aryl methyl sites for hydroxylation is 1. The Kier molecular flexibility index (Phi) is 10.3. The van der Waals surface area contributed by atoms with Crippen molar-refractivity contribution >= 4 is 25.0 Å². The van der Waals surface area contributed by atoms with Gasteiger partial charge >= 0.3 is 0 Å². The van der Waals surface area contributed by atoms with Crippen LogP contribution in [0, 0.1) is 0 Å². The Labute approximate surface area is 122 Å².